The molecular weight excluding hydrogens is 416 g/mol. The summed E-state index contributed by atoms with van der Waals surface area (Å²) >= 11 is 0. The van der Waals surface area contributed by atoms with Gasteiger partial charge in [0.25, 0.3) is 0 Å². The average molecular weight is 443 g/mol. The lowest BCUT2D eigenvalue weighted by Gasteiger charge is -2.36. The van der Waals surface area contributed by atoms with Crippen molar-refractivity contribution in [1.82, 2.24) is 0 Å². The number of rotatable bonds is 4. The predicted molar refractivity (Wildman–Crippen MR) is 126 cm³/mol. The van der Waals surface area contributed by atoms with Crippen LogP contribution >= 0.6 is 0 Å². The van der Waals surface area contributed by atoms with Gasteiger partial charge in [-0.05, 0) is 48.2 Å². The molecule has 0 unspecified atom stereocenters. The third-order valence-electron chi connectivity index (χ3n) is 6.09. The Hall–Kier alpha value is -3.80. The summed E-state index contributed by atoms with van der Waals surface area (Å²) in [6.45, 7) is 4.15. The number of allylic oxidation sites excluding steroid dienone is 1. The first-order chi connectivity index (χ1) is 15.9. The highest BCUT2D eigenvalue weighted by atomic mass is 16.5. The quantitative estimate of drug-likeness (QED) is 0.425. The highest BCUT2D eigenvalue weighted by Gasteiger charge is 2.43. The number of Topliss-reactive ketones (excluding diaryl/α,β-unsaturated/α-hetero) is 1. The fraction of sp³-hybridized carbons (Fsp3) is 0.259. The van der Waals surface area contributed by atoms with Gasteiger partial charge in [-0.15, -0.1) is 0 Å². The van der Waals surface area contributed by atoms with E-state index in [0.717, 1.165) is 23.5 Å². The number of ketones is 1. The zero-order valence-electron chi connectivity index (χ0n) is 18.7. The van der Waals surface area contributed by atoms with Gasteiger partial charge in [0.1, 0.15) is 24.1 Å². The van der Waals surface area contributed by atoms with E-state index in [4.69, 9.17) is 9.15 Å². The lowest BCUT2D eigenvalue weighted by atomic mass is 9.74. The molecule has 0 amide bonds. The van der Waals surface area contributed by atoms with E-state index in [2.05, 4.69) is 19.2 Å². The predicted octanol–water partition coefficient (Wildman–Crippen LogP) is 5.50. The van der Waals surface area contributed by atoms with Gasteiger partial charge >= 0.3 is 5.97 Å². The fourth-order valence-electron chi connectivity index (χ4n) is 4.76. The summed E-state index contributed by atoms with van der Waals surface area (Å²) in [5.74, 6) is 0.736. The van der Waals surface area contributed by atoms with Crippen LogP contribution in [0.15, 0.2) is 88.7 Å². The van der Waals surface area contributed by atoms with Crippen LogP contribution < -0.4 is 15.0 Å². The largest absolute Gasteiger partial charge is 0.467 e. The summed E-state index contributed by atoms with van der Waals surface area (Å²) in [5, 5.41) is 3.52. The van der Waals surface area contributed by atoms with E-state index in [-0.39, 0.29) is 17.7 Å². The second-order valence-corrected chi connectivity index (χ2v) is 9.31. The lowest BCUT2D eigenvalue weighted by Crippen LogP contribution is -2.39. The summed E-state index contributed by atoms with van der Waals surface area (Å²) in [7, 11) is 0. The molecule has 168 valence electrons. The van der Waals surface area contributed by atoms with E-state index >= 15 is 0 Å². The average Bonchev–Trinajstić information content (AvgIpc) is 3.26. The third kappa shape index (κ3) is 4.16. The molecule has 0 bridgehead atoms. The molecule has 1 N–H and O–H groups in total. The lowest BCUT2D eigenvalue weighted by molar-refractivity contribution is -0.133. The Morgan fingerprint density at radius 3 is 2.58 bits per heavy atom. The Morgan fingerprint density at radius 2 is 1.82 bits per heavy atom. The highest BCUT2D eigenvalue weighted by molar-refractivity contribution is 6.01. The topological polar surface area (TPSA) is 71.8 Å². The zero-order chi connectivity index (χ0) is 23.0. The fourth-order valence-corrected chi connectivity index (χ4v) is 4.76. The monoisotopic (exact) mass is 442 g/mol. The first-order valence-electron chi connectivity index (χ1n) is 11.1. The molecule has 6 heteroatoms. The van der Waals surface area contributed by atoms with Crippen molar-refractivity contribution in [3.05, 3.63) is 90.0 Å². The number of ether oxygens (including phenoxy) is 1. The maximum Gasteiger partial charge on any atom is 0.330 e. The number of furan rings is 1. The number of nitrogens with one attached hydrogen (secondary N) is 1. The molecule has 0 spiro atoms. The van der Waals surface area contributed by atoms with Gasteiger partial charge in [0.15, 0.2) is 5.78 Å². The molecule has 0 fully saturated rings. The Bertz CT molecular complexity index is 1210. The minimum atomic E-state index is -0.543. The van der Waals surface area contributed by atoms with Crippen LogP contribution in [-0.4, -0.2) is 18.3 Å². The van der Waals surface area contributed by atoms with E-state index < -0.39 is 12.0 Å². The van der Waals surface area contributed by atoms with Gasteiger partial charge in [0, 0.05) is 17.7 Å². The number of hydrogen-bond donors (Lipinski definition) is 1. The Labute approximate surface area is 192 Å². The molecule has 5 rings (SSSR count). The minimum absolute atomic E-state index is 0.0492. The SMILES string of the molecule is CC1(C)CC(=O)C2=C(C1)Nc1ccccc1N(CC(=O)Oc1ccccc1)[C@@H]2c1ccco1. The number of anilines is 2. The van der Waals surface area contributed by atoms with Crippen molar-refractivity contribution in [3.63, 3.8) is 0 Å². The smallest absolute Gasteiger partial charge is 0.330 e. The van der Waals surface area contributed by atoms with Crippen LogP contribution in [0.25, 0.3) is 0 Å². The van der Waals surface area contributed by atoms with Crippen LogP contribution in [0.5, 0.6) is 5.75 Å². The first-order valence-corrected chi connectivity index (χ1v) is 11.1. The van der Waals surface area contributed by atoms with Crippen LogP contribution in [0.1, 0.15) is 38.5 Å². The molecule has 1 aromatic heterocycles. The van der Waals surface area contributed by atoms with E-state index in [1.54, 1.807) is 24.5 Å². The van der Waals surface area contributed by atoms with Gasteiger partial charge < -0.3 is 19.4 Å². The Kier molecular flexibility index (Phi) is 5.29. The summed E-state index contributed by atoms with van der Waals surface area (Å²) in [4.78, 5) is 28.4. The number of nitrogens with zero attached hydrogens (tertiary/aromatic N) is 1. The molecule has 1 atom stereocenters. The number of fused-ring (bicyclic) bond motifs is 1. The maximum atomic E-state index is 13.5. The summed E-state index contributed by atoms with van der Waals surface area (Å²) in [6, 6.07) is 19.9. The van der Waals surface area contributed by atoms with E-state index in [9.17, 15) is 9.59 Å². The van der Waals surface area contributed by atoms with Crippen molar-refractivity contribution in [2.24, 2.45) is 5.41 Å². The van der Waals surface area contributed by atoms with Crippen molar-refractivity contribution in [1.29, 1.82) is 0 Å². The molecular formula is C27H26N2O4. The summed E-state index contributed by atoms with van der Waals surface area (Å²) in [6.07, 6.45) is 2.75. The molecule has 2 heterocycles. The molecule has 0 saturated carbocycles. The second-order valence-electron chi connectivity index (χ2n) is 9.31. The van der Waals surface area contributed by atoms with E-state index in [0.29, 0.717) is 23.5 Å². The van der Waals surface area contributed by atoms with Crippen LogP contribution in [-0.2, 0) is 9.59 Å². The molecule has 2 aliphatic rings. The van der Waals surface area contributed by atoms with Crippen molar-refractivity contribution in [2.45, 2.75) is 32.7 Å². The normalized spacial score (nSPS) is 19.3. The number of esters is 1. The van der Waals surface area contributed by atoms with Gasteiger partial charge in [0.05, 0.1) is 17.6 Å². The molecule has 3 aromatic rings. The molecule has 1 aliphatic carbocycles. The summed E-state index contributed by atoms with van der Waals surface area (Å²) < 4.78 is 11.4. The van der Waals surface area contributed by atoms with Crippen LogP contribution in [0.3, 0.4) is 0 Å². The van der Waals surface area contributed by atoms with Gasteiger partial charge in [-0.1, -0.05) is 44.2 Å². The van der Waals surface area contributed by atoms with Crippen LogP contribution in [0.4, 0.5) is 11.4 Å². The number of carbonyl (C=O) groups excluding carboxylic acids is 2. The molecule has 0 radical (unpaired) electrons. The van der Waals surface area contributed by atoms with E-state index in [1.807, 2.05) is 53.4 Å². The van der Waals surface area contributed by atoms with Gasteiger partial charge in [-0.3, -0.25) is 4.79 Å². The molecule has 2 aromatic carbocycles. The standard InChI is InChI=1S/C27H26N2O4/c1-27(2)15-20-25(22(30)16-27)26(23-13-8-14-32-23)29(21-12-7-6-11-19(21)28-20)17-24(31)33-18-9-4-3-5-10-18/h3-14,26,28H,15-17H2,1-2H3/t26-/m1/s1. The highest BCUT2D eigenvalue weighted by Crippen LogP contribution is 2.48. The van der Waals surface area contributed by atoms with Gasteiger partial charge in [0.2, 0.25) is 0 Å². The summed E-state index contributed by atoms with van der Waals surface area (Å²) in [5.41, 5.74) is 3.02. The molecule has 6 nitrogen and oxygen atoms in total. The van der Waals surface area contributed by atoms with E-state index in [1.165, 1.54) is 0 Å². The first kappa shape index (κ1) is 21.1. The minimum Gasteiger partial charge on any atom is -0.467 e. The third-order valence-corrected chi connectivity index (χ3v) is 6.09. The maximum absolute atomic E-state index is 13.5. The number of benzene rings is 2. The molecule has 1 aliphatic heterocycles. The van der Waals surface area contributed by atoms with Gasteiger partial charge in [-0.25, -0.2) is 4.79 Å². The molecule has 33 heavy (non-hydrogen) atoms. The zero-order valence-corrected chi connectivity index (χ0v) is 18.7. The van der Waals surface area contributed by atoms with Crippen molar-refractivity contribution >= 4 is 23.1 Å². The van der Waals surface area contributed by atoms with Gasteiger partial charge in [-0.2, -0.15) is 0 Å². The van der Waals surface area contributed by atoms with Crippen LogP contribution in [0.2, 0.25) is 0 Å². The van der Waals surface area contributed by atoms with Crippen molar-refractivity contribution < 1.29 is 18.7 Å². The number of hydrogen-bond acceptors (Lipinski definition) is 6. The Balaban J connectivity index is 1.61. The van der Waals surface area contributed by atoms with Crippen molar-refractivity contribution in [2.75, 3.05) is 16.8 Å². The Morgan fingerprint density at radius 1 is 1.06 bits per heavy atom. The molecule has 0 saturated heterocycles. The number of carbonyl (C=O) groups is 2. The van der Waals surface area contributed by atoms with Crippen LogP contribution in [0, 0.1) is 5.41 Å². The number of para-hydroxylation sites is 3. The van der Waals surface area contributed by atoms with Crippen molar-refractivity contribution in [3.8, 4) is 5.75 Å². The second kappa shape index (κ2) is 8.28.